The van der Waals surface area contributed by atoms with Gasteiger partial charge in [0, 0.05) is 25.8 Å². The lowest BCUT2D eigenvalue weighted by atomic mass is 10.1. The van der Waals surface area contributed by atoms with Gasteiger partial charge in [-0.3, -0.25) is 14.3 Å². The van der Waals surface area contributed by atoms with Gasteiger partial charge in [-0.1, -0.05) is 6.92 Å². The molecule has 1 aliphatic heterocycles. The number of H-pyrrole nitrogens is 1. The molecule has 0 bridgehead atoms. The number of nitrogens with zero attached hydrogens (tertiary/aromatic N) is 4. The molecule has 10 nitrogen and oxygen atoms in total. The number of benzene rings is 1. The van der Waals surface area contributed by atoms with Gasteiger partial charge < -0.3 is 9.47 Å². The van der Waals surface area contributed by atoms with E-state index in [1.54, 1.807) is 23.7 Å². The second-order valence-corrected chi connectivity index (χ2v) is 8.33. The standard InChI is InChI=1S/C16H18N6O4S/c1-9-7-21(10-3-5-11(6-4-10)27(17,25)26)15-18-13-12(22(15)8-9)14(23)19-16(24)20(13)2/h3-6,9H,7-8H2,1-2H3,(H2,17,25,26)(H,19,23,24)/t9-/m0/s1. The lowest BCUT2D eigenvalue weighted by Gasteiger charge is -2.33. The summed E-state index contributed by atoms with van der Waals surface area (Å²) in [5.41, 5.74) is 0.348. The SMILES string of the molecule is C[C@H]1CN(c2ccc(S(N)(=O)=O)cc2)c2nc3c(c(=O)[nH]c(=O)n3C)n2C1. The lowest BCUT2D eigenvalue weighted by Crippen LogP contribution is -2.35. The van der Waals surface area contributed by atoms with E-state index in [0.717, 1.165) is 0 Å². The summed E-state index contributed by atoms with van der Waals surface area (Å²) in [5, 5.41) is 5.15. The maximum absolute atomic E-state index is 12.4. The van der Waals surface area contributed by atoms with Crippen molar-refractivity contribution in [2.75, 3.05) is 11.4 Å². The molecule has 0 radical (unpaired) electrons. The molecule has 142 valence electrons. The number of nitrogens with two attached hydrogens (primary N) is 1. The average molecular weight is 390 g/mol. The van der Waals surface area contributed by atoms with E-state index in [9.17, 15) is 18.0 Å². The number of fused-ring (bicyclic) bond motifs is 3. The van der Waals surface area contributed by atoms with Crippen LogP contribution in [-0.4, -0.2) is 34.1 Å². The van der Waals surface area contributed by atoms with E-state index < -0.39 is 21.3 Å². The van der Waals surface area contributed by atoms with Crippen LogP contribution < -0.4 is 21.3 Å². The Hall–Kier alpha value is -2.92. The predicted molar refractivity (Wildman–Crippen MR) is 99.6 cm³/mol. The molecule has 0 spiro atoms. The number of hydrogen-bond donors (Lipinski definition) is 2. The van der Waals surface area contributed by atoms with Gasteiger partial charge in [-0.15, -0.1) is 0 Å². The fraction of sp³-hybridized carbons (Fsp3) is 0.312. The number of nitrogens with one attached hydrogen (secondary N) is 1. The van der Waals surface area contributed by atoms with Gasteiger partial charge in [0.2, 0.25) is 16.0 Å². The Labute approximate surface area is 153 Å². The molecule has 0 saturated heterocycles. The van der Waals surface area contributed by atoms with Gasteiger partial charge in [-0.2, -0.15) is 4.98 Å². The van der Waals surface area contributed by atoms with E-state index in [-0.39, 0.29) is 10.8 Å². The van der Waals surface area contributed by atoms with Crippen LogP contribution in [0.3, 0.4) is 0 Å². The van der Waals surface area contributed by atoms with Crippen molar-refractivity contribution >= 4 is 32.8 Å². The molecule has 1 atom stereocenters. The Morgan fingerprint density at radius 3 is 2.48 bits per heavy atom. The maximum Gasteiger partial charge on any atom is 0.329 e. The highest BCUT2D eigenvalue weighted by Crippen LogP contribution is 2.33. The number of primary sulfonamides is 1. The summed E-state index contributed by atoms with van der Waals surface area (Å²) >= 11 is 0. The van der Waals surface area contributed by atoms with Crippen molar-refractivity contribution in [3.05, 3.63) is 45.1 Å². The van der Waals surface area contributed by atoms with Crippen molar-refractivity contribution in [1.29, 1.82) is 0 Å². The van der Waals surface area contributed by atoms with Crippen LogP contribution in [0.1, 0.15) is 6.92 Å². The summed E-state index contributed by atoms with van der Waals surface area (Å²) in [7, 11) is -2.23. The highest BCUT2D eigenvalue weighted by Gasteiger charge is 2.29. The Kier molecular flexibility index (Phi) is 3.75. The van der Waals surface area contributed by atoms with Gasteiger partial charge in [-0.05, 0) is 30.2 Å². The predicted octanol–water partition coefficient (Wildman–Crippen LogP) is -0.141. The number of imidazole rings is 1. The monoisotopic (exact) mass is 390 g/mol. The fourth-order valence-electron chi connectivity index (χ4n) is 3.40. The summed E-state index contributed by atoms with van der Waals surface area (Å²) in [6.07, 6.45) is 0. The second-order valence-electron chi connectivity index (χ2n) is 6.77. The molecule has 0 amide bonds. The van der Waals surface area contributed by atoms with Crippen LogP contribution >= 0.6 is 0 Å². The quantitative estimate of drug-likeness (QED) is 0.625. The van der Waals surface area contributed by atoms with Crippen molar-refractivity contribution < 1.29 is 8.42 Å². The molecule has 11 heteroatoms. The number of aromatic nitrogens is 4. The van der Waals surface area contributed by atoms with Gasteiger partial charge in [0.05, 0.1) is 4.90 Å². The third kappa shape index (κ3) is 2.75. The van der Waals surface area contributed by atoms with Gasteiger partial charge in [0.1, 0.15) is 0 Å². The number of aromatic amines is 1. The lowest BCUT2D eigenvalue weighted by molar-refractivity contribution is 0.458. The van der Waals surface area contributed by atoms with E-state index in [0.29, 0.717) is 35.9 Å². The van der Waals surface area contributed by atoms with E-state index in [1.165, 1.54) is 16.7 Å². The number of rotatable bonds is 2. The summed E-state index contributed by atoms with van der Waals surface area (Å²) in [4.78, 5) is 33.0. The molecule has 3 aromatic rings. The summed E-state index contributed by atoms with van der Waals surface area (Å²) in [6, 6.07) is 6.15. The molecule has 2 aromatic heterocycles. The third-order valence-corrected chi connectivity index (χ3v) is 5.62. The second kappa shape index (κ2) is 5.79. The van der Waals surface area contributed by atoms with Gasteiger partial charge >= 0.3 is 5.69 Å². The van der Waals surface area contributed by atoms with Gasteiger partial charge in [0.25, 0.3) is 5.56 Å². The Morgan fingerprint density at radius 2 is 1.85 bits per heavy atom. The first-order chi connectivity index (χ1) is 12.7. The van der Waals surface area contributed by atoms with Gasteiger partial charge in [-0.25, -0.2) is 18.4 Å². The third-order valence-electron chi connectivity index (χ3n) is 4.69. The normalized spacial score (nSPS) is 17.3. The van der Waals surface area contributed by atoms with Crippen LogP contribution in [0.25, 0.3) is 11.2 Å². The Morgan fingerprint density at radius 1 is 1.19 bits per heavy atom. The van der Waals surface area contributed by atoms with Crippen molar-refractivity contribution in [3.8, 4) is 0 Å². The van der Waals surface area contributed by atoms with Crippen molar-refractivity contribution in [2.24, 2.45) is 18.1 Å². The molecule has 3 N–H and O–H groups in total. The molecule has 0 unspecified atom stereocenters. The summed E-state index contributed by atoms with van der Waals surface area (Å²) in [6.45, 7) is 3.25. The largest absolute Gasteiger partial charge is 0.329 e. The summed E-state index contributed by atoms with van der Waals surface area (Å²) < 4.78 is 26.0. The molecular weight excluding hydrogens is 372 g/mol. The number of sulfonamides is 1. The first kappa shape index (κ1) is 17.5. The van der Waals surface area contributed by atoms with Crippen LogP contribution in [0.5, 0.6) is 0 Å². The molecule has 0 aliphatic carbocycles. The summed E-state index contributed by atoms with van der Waals surface area (Å²) in [5.74, 6) is 0.725. The van der Waals surface area contributed by atoms with Crippen LogP contribution in [0.2, 0.25) is 0 Å². The first-order valence-corrected chi connectivity index (χ1v) is 9.81. The van der Waals surface area contributed by atoms with Crippen LogP contribution in [0, 0.1) is 5.92 Å². The van der Waals surface area contributed by atoms with Crippen LogP contribution in [0.4, 0.5) is 11.6 Å². The van der Waals surface area contributed by atoms with Crippen LogP contribution in [0.15, 0.2) is 38.8 Å². The molecule has 0 saturated carbocycles. The molecule has 4 rings (SSSR count). The van der Waals surface area contributed by atoms with E-state index in [2.05, 4.69) is 9.97 Å². The zero-order valence-corrected chi connectivity index (χ0v) is 15.5. The van der Waals surface area contributed by atoms with Crippen molar-refractivity contribution in [2.45, 2.75) is 18.4 Å². The highest BCUT2D eigenvalue weighted by atomic mass is 32.2. The number of anilines is 2. The first-order valence-electron chi connectivity index (χ1n) is 8.27. The molecule has 1 aromatic carbocycles. The minimum Gasteiger partial charge on any atom is -0.312 e. The minimum absolute atomic E-state index is 0.0173. The van der Waals surface area contributed by atoms with Crippen molar-refractivity contribution in [3.63, 3.8) is 0 Å². The Bertz CT molecular complexity index is 1270. The minimum atomic E-state index is -3.78. The molecule has 1 aliphatic rings. The zero-order valence-electron chi connectivity index (χ0n) is 14.7. The average Bonchev–Trinajstić information content (AvgIpc) is 2.98. The topological polar surface area (TPSA) is 136 Å². The highest BCUT2D eigenvalue weighted by molar-refractivity contribution is 7.89. The van der Waals surface area contributed by atoms with E-state index >= 15 is 0 Å². The number of hydrogen-bond acceptors (Lipinski definition) is 6. The molecule has 27 heavy (non-hydrogen) atoms. The molecule has 0 fully saturated rings. The van der Waals surface area contributed by atoms with E-state index in [4.69, 9.17) is 5.14 Å². The van der Waals surface area contributed by atoms with Crippen molar-refractivity contribution in [1.82, 2.24) is 19.1 Å². The molecular formula is C16H18N6O4S. The van der Waals surface area contributed by atoms with E-state index in [1.807, 2.05) is 11.8 Å². The zero-order chi connectivity index (χ0) is 19.5. The smallest absolute Gasteiger partial charge is 0.312 e. The van der Waals surface area contributed by atoms with Crippen LogP contribution in [-0.2, 0) is 23.6 Å². The molecule has 3 heterocycles. The maximum atomic E-state index is 12.4. The Balaban J connectivity index is 1.92. The van der Waals surface area contributed by atoms with Gasteiger partial charge in [0.15, 0.2) is 11.2 Å². The fourth-order valence-corrected chi connectivity index (χ4v) is 3.92. The number of aryl methyl sites for hydroxylation is 1.